The predicted molar refractivity (Wildman–Crippen MR) is 61.1 cm³/mol. The van der Waals surface area contributed by atoms with E-state index < -0.39 is 5.41 Å². The van der Waals surface area contributed by atoms with Crippen LogP contribution in [0.3, 0.4) is 0 Å². The fourth-order valence-electron chi connectivity index (χ4n) is 2.03. The highest BCUT2D eigenvalue weighted by Crippen LogP contribution is 2.35. The van der Waals surface area contributed by atoms with Crippen LogP contribution in [0.1, 0.15) is 33.6 Å². The van der Waals surface area contributed by atoms with Crippen molar-refractivity contribution in [2.24, 2.45) is 11.3 Å². The molecule has 84 valence electrons. The molecule has 2 N–H and O–H groups in total. The first kappa shape index (κ1) is 12.1. The van der Waals surface area contributed by atoms with Gasteiger partial charge in [-0.2, -0.15) is 0 Å². The predicted octanol–water partition coefficient (Wildman–Crippen LogP) is 0.960. The minimum Gasteiger partial charge on any atom is -0.302 e. The summed E-state index contributed by atoms with van der Waals surface area (Å²) in [4.78, 5) is 23.8. The molecular weight excluding hydrogens is 212 g/mol. The zero-order chi connectivity index (χ0) is 11.6. The lowest BCUT2D eigenvalue weighted by atomic mass is 9.70. The molecule has 1 aliphatic heterocycles. The highest BCUT2D eigenvalue weighted by atomic mass is 32.1. The molecule has 0 aromatic rings. The largest absolute Gasteiger partial charge is 0.302 e. The van der Waals surface area contributed by atoms with Gasteiger partial charge in [0.15, 0.2) is 5.11 Å². The first-order chi connectivity index (χ1) is 6.98. The molecule has 15 heavy (non-hydrogen) atoms. The van der Waals surface area contributed by atoms with Crippen LogP contribution in [0, 0.1) is 11.3 Å². The van der Waals surface area contributed by atoms with Gasteiger partial charge in [-0.25, -0.2) is 0 Å². The van der Waals surface area contributed by atoms with Crippen molar-refractivity contribution in [3.63, 3.8) is 0 Å². The van der Waals surface area contributed by atoms with Gasteiger partial charge >= 0.3 is 0 Å². The number of hydrogen-bond acceptors (Lipinski definition) is 3. The van der Waals surface area contributed by atoms with Crippen molar-refractivity contribution >= 4 is 29.1 Å². The molecule has 1 atom stereocenters. The van der Waals surface area contributed by atoms with E-state index in [4.69, 9.17) is 12.2 Å². The van der Waals surface area contributed by atoms with E-state index in [0.29, 0.717) is 6.42 Å². The SMILES string of the molecule is CC[C@H](C)C1(CC)C(=O)NC(=S)NC1=O. The zero-order valence-corrected chi connectivity index (χ0v) is 10.0. The molecule has 5 heteroatoms. The molecule has 1 rings (SSSR count). The Morgan fingerprint density at radius 2 is 1.73 bits per heavy atom. The van der Waals surface area contributed by atoms with Crippen LogP contribution < -0.4 is 10.6 Å². The van der Waals surface area contributed by atoms with E-state index in [-0.39, 0.29) is 22.8 Å². The van der Waals surface area contributed by atoms with Crippen molar-refractivity contribution in [3.05, 3.63) is 0 Å². The summed E-state index contributed by atoms with van der Waals surface area (Å²) >= 11 is 4.77. The summed E-state index contributed by atoms with van der Waals surface area (Å²) in [6.07, 6.45) is 1.27. The minimum atomic E-state index is -0.961. The van der Waals surface area contributed by atoms with E-state index in [2.05, 4.69) is 10.6 Å². The van der Waals surface area contributed by atoms with Crippen LogP contribution in [0.15, 0.2) is 0 Å². The van der Waals surface area contributed by atoms with Gasteiger partial charge in [-0.05, 0) is 24.6 Å². The molecule has 2 amide bonds. The maximum absolute atomic E-state index is 11.9. The quantitative estimate of drug-likeness (QED) is 0.559. The number of rotatable bonds is 3. The third-order valence-corrected chi connectivity index (χ3v) is 3.48. The third-order valence-electron chi connectivity index (χ3n) is 3.28. The average molecular weight is 228 g/mol. The van der Waals surface area contributed by atoms with Gasteiger partial charge in [0.2, 0.25) is 11.8 Å². The lowest BCUT2D eigenvalue weighted by Crippen LogP contribution is -2.64. The molecule has 1 saturated heterocycles. The lowest BCUT2D eigenvalue weighted by molar-refractivity contribution is -0.147. The van der Waals surface area contributed by atoms with E-state index in [9.17, 15) is 9.59 Å². The Hall–Kier alpha value is -0.970. The van der Waals surface area contributed by atoms with E-state index in [1.165, 1.54) is 0 Å². The topological polar surface area (TPSA) is 58.2 Å². The summed E-state index contributed by atoms with van der Waals surface area (Å²) < 4.78 is 0. The van der Waals surface area contributed by atoms with Crippen LogP contribution in [0.2, 0.25) is 0 Å². The smallest absolute Gasteiger partial charge is 0.242 e. The number of carbonyl (C=O) groups is 2. The van der Waals surface area contributed by atoms with Crippen LogP contribution >= 0.6 is 12.2 Å². The molecule has 0 saturated carbocycles. The minimum absolute atomic E-state index is 0.00519. The van der Waals surface area contributed by atoms with Gasteiger partial charge < -0.3 is 10.6 Å². The first-order valence-electron chi connectivity index (χ1n) is 5.15. The summed E-state index contributed by atoms with van der Waals surface area (Å²) in [5, 5.41) is 5.16. The second-order valence-corrected chi connectivity index (χ2v) is 4.28. The Balaban J connectivity index is 3.11. The van der Waals surface area contributed by atoms with E-state index >= 15 is 0 Å². The first-order valence-corrected chi connectivity index (χ1v) is 5.56. The van der Waals surface area contributed by atoms with E-state index in [1.807, 2.05) is 20.8 Å². The maximum atomic E-state index is 11.9. The molecular formula is C10H16N2O2S. The number of hydrogen-bond donors (Lipinski definition) is 2. The molecule has 1 aliphatic rings. The average Bonchev–Trinajstić information content (AvgIpc) is 2.17. The molecule has 0 radical (unpaired) electrons. The molecule has 0 spiro atoms. The highest BCUT2D eigenvalue weighted by molar-refractivity contribution is 7.80. The van der Waals surface area contributed by atoms with Gasteiger partial charge in [0, 0.05) is 0 Å². The van der Waals surface area contributed by atoms with Gasteiger partial charge in [-0.3, -0.25) is 9.59 Å². The second kappa shape index (κ2) is 4.26. The van der Waals surface area contributed by atoms with Gasteiger partial charge in [0.1, 0.15) is 5.41 Å². The van der Waals surface area contributed by atoms with Crippen LogP contribution in [0.5, 0.6) is 0 Å². The molecule has 1 fully saturated rings. The standard InChI is InChI=1S/C10H16N2O2S/c1-4-6(3)10(5-2)7(13)11-9(15)12-8(10)14/h6H,4-5H2,1-3H3,(H2,11,12,13,14,15)/t6-/m0/s1. The van der Waals surface area contributed by atoms with Crippen molar-refractivity contribution in [2.75, 3.05) is 0 Å². The van der Waals surface area contributed by atoms with Crippen molar-refractivity contribution in [3.8, 4) is 0 Å². The molecule has 1 heterocycles. The molecule has 0 aromatic heterocycles. The monoisotopic (exact) mass is 228 g/mol. The normalized spacial score (nSPS) is 21.9. The van der Waals surface area contributed by atoms with Crippen molar-refractivity contribution in [1.29, 1.82) is 0 Å². The van der Waals surface area contributed by atoms with Gasteiger partial charge in [0.25, 0.3) is 0 Å². The van der Waals surface area contributed by atoms with Gasteiger partial charge in [-0.1, -0.05) is 27.2 Å². The highest BCUT2D eigenvalue weighted by Gasteiger charge is 2.51. The van der Waals surface area contributed by atoms with Crippen molar-refractivity contribution in [1.82, 2.24) is 10.6 Å². The van der Waals surface area contributed by atoms with E-state index in [0.717, 1.165) is 6.42 Å². The Kier molecular flexibility index (Phi) is 3.44. The van der Waals surface area contributed by atoms with Crippen LogP contribution in [0.4, 0.5) is 0 Å². The number of amides is 2. The van der Waals surface area contributed by atoms with Crippen molar-refractivity contribution in [2.45, 2.75) is 33.6 Å². The number of thiocarbonyl (C=S) groups is 1. The number of carbonyl (C=O) groups excluding carboxylic acids is 2. The summed E-state index contributed by atoms with van der Waals surface area (Å²) in [5.74, 6) is -0.535. The molecule has 0 aliphatic carbocycles. The molecule has 0 unspecified atom stereocenters. The summed E-state index contributed by atoms with van der Waals surface area (Å²) in [7, 11) is 0. The Morgan fingerprint density at radius 1 is 1.27 bits per heavy atom. The maximum Gasteiger partial charge on any atom is 0.242 e. The summed E-state index contributed by atoms with van der Waals surface area (Å²) in [5.41, 5.74) is -0.961. The molecule has 0 aromatic carbocycles. The summed E-state index contributed by atoms with van der Waals surface area (Å²) in [6, 6.07) is 0. The fraction of sp³-hybridized carbons (Fsp3) is 0.700. The molecule has 4 nitrogen and oxygen atoms in total. The van der Waals surface area contributed by atoms with Gasteiger partial charge in [-0.15, -0.1) is 0 Å². The van der Waals surface area contributed by atoms with Gasteiger partial charge in [0.05, 0.1) is 0 Å². The van der Waals surface area contributed by atoms with Crippen LogP contribution in [-0.2, 0) is 9.59 Å². The Morgan fingerprint density at radius 3 is 2.07 bits per heavy atom. The Labute approximate surface area is 94.8 Å². The Bertz CT molecular complexity index is 295. The lowest BCUT2D eigenvalue weighted by Gasteiger charge is -2.38. The molecule has 0 bridgehead atoms. The van der Waals surface area contributed by atoms with Crippen LogP contribution in [-0.4, -0.2) is 16.9 Å². The third kappa shape index (κ3) is 1.76. The summed E-state index contributed by atoms with van der Waals surface area (Å²) in [6.45, 7) is 5.73. The van der Waals surface area contributed by atoms with Crippen molar-refractivity contribution < 1.29 is 9.59 Å². The zero-order valence-electron chi connectivity index (χ0n) is 9.22. The van der Waals surface area contributed by atoms with Crippen LogP contribution in [0.25, 0.3) is 0 Å². The second-order valence-electron chi connectivity index (χ2n) is 3.87. The fourth-order valence-corrected chi connectivity index (χ4v) is 2.21. The van der Waals surface area contributed by atoms with E-state index in [1.54, 1.807) is 0 Å². The number of nitrogens with one attached hydrogen (secondary N) is 2.